The molecular weight excluding hydrogens is 1110 g/mol. The Morgan fingerprint density at radius 1 is 0.440 bits per heavy atom. The van der Waals surface area contributed by atoms with Crippen molar-refractivity contribution in [2.45, 2.75) is 185 Å². The Morgan fingerprint density at radius 2 is 0.750 bits per heavy atom. The van der Waals surface area contributed by atoms with Gasteiger partial charge in [-0.2, -0.15) is 0 Å². The highest BCUT2D eigenvalue weighted by molar-refractivity contribution is 5.79. The van der Waals surface area contributed by atoms with Gasteiger partial charge in [0.15, 0.2) is 24.6 Å². The second kappa shape index (κ2) is 43.3. The number of carbonyl (C=O) groups excluding carboxylic acids is 5. The zero-order chi connectivity index (χ0) is 62.6. The summed E-state index contributed by atoms with van der Waals surface area (Å²) in [6, 6.07) is 0. The Morgan fingerprint density at radius 3 is 1.08 bits per heavy atom. The van der Waals surface area contributed by atoms with Crippen LogP contribution in [-0.2, 0) is 71.3 Å². The van der Waals surface area contributed by atoms with Crippen LogP contribution in [0.25, 0.3) is 0 Å². The maximum absolute atomic E-state index is 13.6. The lowest BCUT2D eigenvalue weighted by molar-refractivity contribution is -0.282. The number of nitrogens with one attached hydrogen (secondary N) is 5. The van der Waals surface area contributed by atoms with E-state index < -0.39 is 154 Å². The van der Waals surface area contributed by atoms with Crippen LogP contribution in [0.1, 0.15) is 106 Å². The zero-order valence-corrected chi connectivity index (χ0v) is 50.3. The SMILES string of the molecule is CC(C)C.COCCCNC(=O)CCCC(=O)NC(COCCC(=O)NCCCO[C@@H]1OC(CO)[C@H](O)[C@H](O)C1C)(COCCC(=O)NCCCO[C@@H]1OC(CO)[C@H](O)[C@H](O)C1C)OCCC(=O)NCCCO[C@@H]1OC(CO)[C@H](O)[C@H](O)C1C. The first-order valence-corrected chi connectivity index (χ1v) is 29.4. The quantitative estimate of drug-likeness (QED) is 0.0212. The smallest absolute Gasteiger partial charge is 0.222 e. The Balaban J connectivity index is 0.00000582. The van der Waals surface area contributed by atoms with Gasteiger partial charge >= 0.3 is 0 Å². The van der Waals surface area contributed by atoms with Crippen LogP contribution < -0.4 is 26.6 Å². The van der Waals surface area contributed by atoms with E-state index in [9.17, 15) is 69.9 Å². The van der Waals surface area contributed by atoms with E-state index in [1.165, 1.54) is 0 Å². The van der Waals surface area contributed by atoms with Gasteiger partial charge in [0.05, 0.1) is 97.4 Å². The standard InChI is InChI=1S/C51H93N5O24.C4H10/c1-31-42(65)45(68)34(26-57)78-48(31)74-20-7-16-53-38(61)12-23-72-29-51(56-41(64)11-5-10-37(60)52-15-6-19-71-4,77-25-14-40(63)55-18-9-22-76-50-33(3)44(67)47(70)36(28-59)80-50)30-73-24-13-39(62)54-17-8-21-75-49-32(2)43(66)46(69)35(27-58)79-49;1-4(2)3/h31-36,42-50,57-59,65-70H,5-30H2,1-4H3,(H,52,60)(H,53,61)(H,54,62)(H,55,63)(H,56,64);4H,1-3H3/t31?,32?,33?,34?,35?,36?,42-,43-,44-,45+,46+,47+,48-,49-,50-,51?;/m1./s1. The van der Waals surface area contributed by atoms with Crippen LogP contribution in [0.15, 0.2) is 0 Å². The molecular formula is C55H103N5O24. The molecule has 3 aliphatic rings. The summed E-state index contributed by atoms with van der Waals surface area (Å²) in [6.45, 7) is 10.2. The molecule has 0 aromatic carbocycles. The van der Waals surface area contributed by atoms with Gasteiger partial charge < -0.3 is 120 Å². The Hall–Kier alpha value is -3.41. The number of methoxy groups -OCH3 is 1. The summed E-state index contributed by atoms with van der Waals surface area (Å²) in [5, 5.41) is 104. The van der Waals surface area contributed by atoms with E-state index in [0.717, 1.165) is 5.92 Å². The van der Waals surface area contributed by atoms with Crippen molar-refractivity contribution in [1.82, 2.24) is 26.6 Å². The van der Waals surface area contributed by atoms with E-state index in [2.05, 4.69) is 47.4 Å². The van der Waals surface area contributed by atoms with Crippen molar-refractivity contribution in [3.63, 3.8) is 0 Å². The van der Waals surface area contributed by atoms with Crippen LogP contribution in [0.5, 0.6) is 0 Å². The van der Waals surface area contributed by atoms with Gasteiger partial charge in [-0.1, -0.05) is 41.5 Å². The van der Waals surface area contributed by atoms with Gasteiger partial charge in [-0.15, -0.1) is 0 Å². The molecule has 0 spiro atoms. The van der Waals surface area contributed by atoms with E-state index in [1.54, 1.807) is 27.9 Å². The van der Waals surface area contributed by atoms with E-state index in [4.69, 9.17) is 47.4 Å². The molecule has 0 aliphatic carbocycles. The molecule has 0 radical (unpaired) electrons. The molecule has 492 valence electrons. The summed E-state index contributed by atoms with van der Waals surface area (Å²) in [5.41, 5.74) is -1.79. The highest BCUT2D eigenvalue weighted by Crippen LogP contribution is 2.29. The molecule has 3 aliphatic heterocycles. The predicted octanol–water partition coefficient (Wildman–Crippen LogP) is -3.20. The maximum atomic E-state index is 13.6. The summed E-state index contributed by atoms with van der Waals surface area (Å²) in [6.07, 6.45) is -11.9. The zero-order valence-electron chi connectivity index (χ0n) is 50.3. The van der Waals surface area contributed by atoms with E-state index in [0.29, 0.717) is 38.8 Å². The number of amides is 5. The van der Waals surface area contributed by atoms with Crippen molar-refractivity contribution in [3.8, 4) is 0 Å². The Labute approximate surface area is 493 Å². The maximum Gasteiger partial charge on any atom is 0.222 e. The lowest BCUT2D eigenvalue weighted by atomic mass is 9.92. The molecule has 15 atom stereocenters. The van der Waals surface area contributed by atoms with Crippen LogP contribution in [0.2, 0.25) is 0 Å². The average Bonchev–Trinajstić information content (AvgIpc) is 3.65. The predicted molar refractivity (Wildman–Crippen MR) is 298 cm³/mol. The first kappa shape index (κ1) is 76.7. The third-order valence-corrected chi connectivity index (χ3v) is 13.7. The fourth-order valence-corrected chi connectivity index (χ4v) is 8.63. The molecule has 6 unspecified atom stereocenters. The number of carbonyl (C=O) groups is 5. The second-order valence-corrected chi connectivity index (χ2v) is 21.9. The minimum absolute atomic E-state index is 0.0335. The van der Waals surface area contributed by atoms with Gasteiger partial charge in [0, 0.05) is 83.3 Å². The fourth-order valence-electron chi connectivity index (χ4n) is 8.63. The molecule has 0 saturated carbocycles. The first-order chi connectivity index (χ1) is 40.0. The van der Waals surface area contributed by atoms with Gasteiger partial charge in [0.2, 0.25) is 29.5 Å². The number of rotatable bonds is 41. The summed E-state index contributed by atoms with van der Waals surface area (Å²) in [4.78, 5) is 64.8. The lowest BCUT2D eigenvalue weighted by Gasteiger charge is -2.40. The fraction of sp³-hybridized carbons (Fsp3) is 0.909. The van der Waals surface area contributed by atoms with Crippen molar-refractivity contribution in [3.05, 3.63) is 0 Å². The summed E-state index contributed by atoms with van der Waals surface area (Å²) in [5.74, 6) is -2.99. The minimum atomic E-state index is -1.79. The van der Waals surface area contributed by atoms with Gasteiger partial charge in [0.25, 0.3) is 0 Å². The van der Waals surface area contributed by atoms with Crippen LogP contribution >= 0.6 is 0 Å². The van der Waals surface area contributed by atoms with Crippen LogP contribution in [0, 0.1) is 23.7 Å². The van der Waals surface area contributed by atoms with Gasteiger partial charge in [-0.05, 0) is 38.0 Å². The Bertz CT molecular complexity index is 1740. The third-order valence-electron chi connectivity index (χ3n) is 13.7. The third kappa shape index (κ3) is 29.5. The average molecular weight is 1220 g/mol. The molecule has 3 rings (SSSR count). The van der Waals surface area contributed by atoms with Crippen molar-refractivity contribution in [2.24, 2.45) is 23.7 Å². The van der Waals surface area contributed by atoms with E-state index in [1.807, 2.05) is 0 Å². The number of hydrogen-bond acceptors (Lipinski definition) is 24. The van der Waals surface area contributed by atoms with Gasteiger partial charge in [0.1, 0.15) is 36.6 Å². The molecule has 14 N–H and O–H groups in total. The lowest BCUT2D eigenvalue weighted by Crippen LogP contribution is -2.58. The van der Waals surface area contributed by atoms with Gasteiger partial charge in [-0.25, -0.2) is 0 Å². The summed E-state index contributed by atoms with van der Waals surface area (Å²) in [7, 11) is 1.55. The Kier molecular flexibility index (Phi) is 39.5. The number of hydrogen-bond donors (Lipinski definition) is 14. The highest BCUT2D eigenvalue weighted by Gasteiger charge is 2.45. The van der Waals surface area contributed by atoms with E-state index in [-0.39, 0.29) is 104 Å². The molecule has 0 aromatic rings. The van der Waals surface area contributed by atoms with Crippen LogP contribution in [0.3, 0.4) is 0 Å². The summed E-state index contributed by atoms with van der Waals surface area (Å²) < 4.78 is 57.0. The molecule has 3 heterocycles. The number of ether oxygens (including phenoxy) is 10. The number of aliphatic hydroxyl groups is 9. The van der Waals surface area contributed by atoms with Crippen molar-refractivity contribution >= 4 is 29.5 Å². The number of aliphatic hydroxyl groups excluding tert-OH is 9. The topological polar surface area (TPSA) is 420 Å². The molecule has 0 aromatic heterocycles. The van der Waals surface area contributed by atoms with Crippen molar-refractivity contribution in [2.75, 3.05) is 113 Å². The van der Waals surface area contributed by atoms with Crippen LogP contribution in [0.4, 0.5) is 0 Å². The molecule has 84 heavy (non-hydrogen) atoms. The first-order valence-electron chi connectivity index (χ1n) is 29.4. The molecule has 3 saturated heterocycles. The van der Waals surface area contributed by atoms with Crippen molar-refractivity contribution in [1.29, 1.82) is 0 Å². The van der Waals surface area contributed by atoms with Crippen LogP contribution in [-0.4, -0.2) is 268 Å². The minimum Gasteiger partial charge on any atom is -0.394 e. The van der Waals surface area contributed by atoms with E-state index >= 15 is 0 Å². The largest absolute Gasteiger partial charge is 0.394 e. The molecule has 5 amide bonds. The van der Waals surface area contributed by atoms with Gasteiger partial charge in [-0.3, -0.25) is 24.0 Å². The second-order valence-electron chi connectivity index (χ2n) is 21.9. The summed E-state index contributed by atoms with van der Waals surface area (Å²) >= 11 is 0. The molecule has 29 nitrogen and oxygen atoms in total. The highest BCUT2D eigenvalue weighted by atomic mass is 16.7. The monoisotopic (exact) mass is 1220 g/mol. The molecule has 3 fully saturated rings. The molecule has 0 bridgehead atoms. The molecule has 29 heteroatoms. The van der Waals surface area contributed by atoms with Crippen molar-refractivity contribution < 1.29 is 117 Å². The normalized spacial score (nSPS) is 28.6.